The van der Waals surface area contributed by atoms with E-state index in [2.05, 4.69) is 20.2 Å². The first-order valence-corrected chi connectivity index (χ1v) is 13.9. The number of nitrogens with zero attached hydrogens (tertiary/aromatic N) is 4. The molecule has 4 N–H and O–H groups in total. The summed E-state index contributed by atoms with van der Waals surface area (Å²) in [6, 6.07) is 17.3. The van der Waals surface area contributed by atoms with E-state index >= 15 is 0 Å². The third kappa shape index (κ3) is 7.04. The van der Waals surface area contributed by atoms with Crippen LogP contribution in [0.5, 0.6) is 11.5 Å². The lowest BCUT2D eigenvalue weighted by Crippen LogP contribution is -2.49. The van der Waals surface area contributed by atoms with Gasteiger partial charge in [-0.1, -0.05) is 36.8 Å². The zero-order chi connectivity index (χ0) is 27.0. The minimum absolute atomic E-state index is 0.00170. The van der Waals surface area contributed by atoms with Crippen LogP contribution in [0.25, 0.3) is 11.1 Å². The molecule has 2 fully saturated rings. The average Bonchev–Trinajstić information content (AvgIpc) is 2.97. The zero-order valence-corrected chi connectivity index (χ0v) is 22.3. The lowest BCUT2D eigenvalue weighted by Gasteiger charge is -2.36. The molecule has 2 aliphatic heterocycles. The van der Waals surface area contributed by atoms with Crippen LogP contribution in [0.4, 0.5) is 11.6 Å². The Labute approximate surface area is 230 Å². The minimum atomic E-state index is -0.595. The zero-order valence-electron chi connectivity index (χ0n) is 22.3. The van der Waals surface area contributed by atoms with E-state index in [1.165, 1.54) is 25.6 Å². The predicted molar refractivity (Wildman–Crippen MR) is 152 cm³/mol. The number of nitrogens with two attached hydrogens (primary N) is 1. The van der Waals surface area contributed by atoms with Gasteiger partial charge in [0, 0.05) is 38.5 Å². The number of benzene rings is 2. The van der Waals surface area contributed by atoms with E-state index in [1.807, 2.05) is 59.5 Å². The number of ether oxygens (including phenoxy) is 1. The number of β-amino-alcohol motifs (C(OH)–C–C–N with tert-alkyl or cyclic N) is 1. The van der Waals surface area contributed by atoms with E-state index in [-0.39, 0.29) is 11.8 Å². The molecule has 206 valence electrons. The summed E-state index contributed by atoms with van der Waals surface area (Å²) >= 11 is 0. The molecule has 1 aromatic heterocycles. The van der Waals surface area contributed by atoms with Crippen LogP contribution in [0.3, 0.4) is 0 Å². The van der Waals surface area contributed by atoms with Gasteiger partial charge in [-0.3, -0.25) is 4.79 Å². The standard InChI is InChI=1S/C30H38N6O3/c31-29-28(22-9-11-25(12-10-22)39-24-7-3-1-4-8-24)30(34-21-33-29)32-19-23-13-18-36(20-26(23)37)27(38)14-17-35-15-5-2-6-16-35/h1,3-4,7-12,21,23,26,37H,2,5-6,13-20H2,(H3,31,32,33,34)/t23-,26?/m0/s1. The number of hydrogen-bond acceptors (Lipinski definition) is 8. The molecule has 9 heteroatoms. The van der Waals surface area contributed by atoms with Crippen molar-refractivity contribution in [2.45, 2.75) is 38.2 Å². The molecule has 5 rings (SSSR count). The molecule has 0 radical (unpaired) electrons. The van der Waals surface area contributed by atoms with Crippen LogP contribution in [0.1, 0.15) is 32.1 Å². The number of aromatic nitrogens is 2. The molecule has 0 saturated carbocycles. The molecule has 1 amide bonds. The maximum absolute atomic E-state index is 12.8. The fraction of sp³-hybridized carbons (Fsp3) is 0.433. The Balaban J connectivity index is 1.16. The third-order valence-electron chi connectivity index (χ3n) is 7.69. The van der Waals surface area contributed by atoms with Crippen LogP contribution in [0.2, 0.25) is 0 Å². The number of aliphatic hydroxyl groups excluding tert-OH is 1. The normalized spacial score (nSPS) is 20.0. The molecule has 2 aliphatic rings. The molecule has 0 spiro atoms. The molecule has 1 unspecified atom stereocenters. The molecule has 9 nitrogen and oxygen atoms in total. The Morgan fingerprint density at radius 2 is 1.74 bits per heavy atom. The average molecular weight is 531 g/mol. The maximum atomic E-state index is 12.8. The van der Waals surface area contributed by atoms with E-state index in [0.29, 0.717) is 43.3 Å². The van der Waals surface area contributed by atoms with Gasteiger partial charge < -0.3 is 30.7 Å². The highest BCUT2D eigenvalue weighted by atomic mass is 16.5. The summed E-state index contributed by atoms with van der Waals surface area (Å²) in [6.45, 7) is 4.54. The summed E-state index contributed by atoms with van der Waals surface area (Å²) in [4.78, 5) is 25.6. The van der Waals surface area contributed by atoms with Crippen molar-refractivity contribution in [1.29, 1.82) is 0 Å². The Bertz CT molecular complexity index is 1220. The second-order valence-electron chi connectivity index (χ2n) is 10.4. The Hall–Kier alpha value is -3.69. The number of anilines is 2. The van der Waals surface area contributed by atoms with Crippen LogP contribution < -0.4 is 15.8 Å². The molecule has 2 saturated heterocycles. The van der Waals surface area contributed by atoms with Gasteiger partial charge in [0.2, 0.25) is 5.91 Å². The van der Waals surface area contributed by atoms with Crippen molar-refractivity contribution < 1.29 is 14.6 Å². The largest absolute Gasteiger partial charge is 0.457 e. The van der Waals surface area contributed by atoms with E-state index in [0.717, 1.165) is 43.1 Å². The highest BCUT2D eigenvalue weighted by Crippen LogP contribution is 2.33. The fourth-order valence-electron chi connectivity index (χ4n) is 5.40. The highest BCUT2D eigenvalue weighted by Gasteiger charge is 2.30. The highest BCUT2D eigenvalue weighted by molar-refractivity contribution is 5.83. The lowest BCUT2D eigenvalue weighted by molar-refractivity contribution is -0.135. The Morgan fingerprint density at radius 3 is 2.49 bits per heavy atom. The molecule has 3 aromatic rings. The molecular weight excluding hydrogens is 492 g/mol. The molecule has 0 bridgehead atoms. The summed E-state index contributed by atoms with van der Waals surface area (Å²) in [5.41, 5.74) is 7.84. The second kappa shape index (κ2) is 12.9. The van der Waals surface area contributed by atoms with E-state index in [1.54, 1.807) is 0 Å². The van der Waals surface area contributed by atoms with Crippen LogP contribution in [0, 0.1) is 5.92 Å². The van der Waals surface area contributed by atoms with Crippen LogP contribution in [-0.4, -0.2) is 76.2 Å². The number of rotatable bonds is 9. The summed E-state index contributed by atoms with van der Waals surface area (Å²) in [5, 5.41) is 14.2. The van der Waals surface area contributed by atoms with Crippen molar-refractivity contribution >= 4 is 17.5 Å². The number of piperidine rings is 2. The van der Waals surface area contributed by atoms with E-state index < -0.39 is 6.10 Å². The quantitative estimate of drug-likeness (QED) is 0.380. The van der Waals surface area contributed by atoms with Crippen LogP contribution in [0.15, 0.2) is 60.9 Å². The topological polar surface area (TPSA) is 117 Å². The number of para-hydroxylation sites is 1. The monoisotopic (exact) mass is 530 g/mol. The Morgan fingerprint density at radius 1 is 1.00 bits per heavy atom. The van der Waals surface area contributed by atoms with Crippen molar-refractivity contribution in [1.82, 2.24) is 19.8 Å². The van der Waals surface area contributed by atoms with Gasteiger partial charge in [0.25, 0.3) is 0 Å². The van der Waals surface area contributed by atoms with Gasteiger partial charge in [-0.25, -0.2) is 9.97 Å². The second-order valence-corrected chi connectivity index (χ2v) is 10.4. The third-order valence-corrected chi connectivity index (χ3v) is 7.69. The first-order valence-electron chi connectivity index (χ1n) is 13.9. The van der Waals surface area contributed by atoms with Crippen molar-refractivity contribution in [2.24, 2.45) is 5.92 Å². The maximum Gasteiger partial charge on any atom is 0.223 e. The number of carbonyl (C=O) groups is 1. The van der Waals surface area contributed by atoms with Gasteiger partial charge in [0.1, 0.15) is 29.5 Å². The first-order chi connectivity index (χ1) is 19.1. The molecular formula is C30H38N6O3. The number of aliphatic hydroxyl groups is 1. The number of amides is 1. The Kier molecular flexibility index (Phi) is 8.90. The van der Waals surface area contributed by atoms with Crippen molar-refractivity contribution in [3.63, 3.8) is 0 Å². The van der Waals surface area contributed by atoms with E-state index in [4.69, 9.17) is 10.5 Å². The summed E-state index contributed by atoms with van der Waals surface area (Å²) < 4.78 is 5.90. The number of hydrogen-bond donors (Lipinski definition) is 3. The van der Waals surface area contributed by atoms with Crippen LogP contribution in [-0.2, 0) is 4.79 Å². The minimum Gasteiger partial charge on any atom is -0.457 e. The van der Waals surface area contributed by atoms with Gasteiger partial charge in [0.15, 0.2) is 0 Å². The van der Waals surface area contributed by atoms with Gasteiger partial charge in [-0.15, -0.1) is 0 Å². The summed E-state index contributed by atoms with van der Waals surface area (Å²) in [6.07, 6.45) is 5.82. The van der Waals surface area contributed by atoms with Gasteiger partial charge in [-0.2, -0.15) is 0 Å². The predicted octanol–water partition coefficient (Wildman–Crippen LogP) is 4.02. The summed E-state index contributed by atoms with van der Waals surface area (Å²) in [7, 11) is 0. The molecule has 0 aliphatic carbocycles. The van der Waals surface area contributed by atoms with Gasteiger partial charge in [0.05, 0.1) is 11.7 Å². The summed E-state index contributed by atoms with van der Waals surface area (Å²) in [5.74, 6) is 2.61. The molecule has 2 atom stereocenters. The SMILES string of the molecule is Nc1ncnc(NC[C@@H]2CCN(C(=O)CCN3CCCCC3)CC2O)c1-c1ccc(Oc2ccccc2)cc1. The molecule has 3 heterocycles. The molecule has 39 heavy (non-hydrogen) atoms. The lowest BCUT2D eigenvalue weighted by atomic mass is 9.93. The van der Waals surface area contributed by atoms with Gasteiger partial charge >= 0.3 is 0 Å². The van der Waals surface area contributed by atoms with Crippen molar-refractivity contribution in [2.75, 3.05) is 50.3 Å². The number of likely N-dealkylation sites (tertiary alicyclic amines) is 2. The van der Waals surface area contributed by atoms with Crippen molar-refractivity contribution in [3.05, 3.63) is 60.9 Å². The fourth-order valence-corrected chi connectivity index (χ4v) is 5.40. The molecule has 2 aromatic carbocycles. The van der Waals surface area contributed by atoms with Gasteiger partial charge in [-0.05, 0) is 62.2 Å². The van der Waals surface area contributed by atoms with Crippen LogP contribution >= 0.6 is 0 Å². The van der Waals surface area contributed by atoms with E-state index in [9.17, 15) is 9.90 Å². The number of carbonyl (C=O) groups excluding carboxylic acids is 1. The first kappa shape index (κ1) is 26.9. The number of nitrogen functional groups attached to an aromatic ring is 1. The van der Waals surface area contributed by atoms with Crippen molar-refractivity contribution in [3.8, 4) is 22.6 Å². The number of nitrogens with one attached hydrogen (secondary N) is 1. The smallest absolute Gasteiger partial charge is 0.223 e.